The summed E-state index contributed by atoms with van der Waals surface area (Å²) in [6.07, 6.45) is -1.55. The van der Waals surface area contributed by atoms with Gasteiger partial charge < -0.3 is 20.1 Å². The van der Waals surface area contributed by atoms with Crippen molar-refractivity contribution in [3.05, 3.63) is 65.2 Å². The van der Waals surface area contributed by atoms with Gasteiger partial charge in [0.2, 0.25) is 6.10 Å². The minimum absolute atomic E-state index is 0.110. The van der Waals surface area contributed by atoms with E-state index >= 15 is 0 Å². The molecule has 1 fully saturated rings. The van der Waals surface area contributed by atoms with Crippen LogP contribution in [0.2, 0.25) is 5.02 Å². The SMILES string of the molecule is CN1N=C2CCN(C(=O)C(COc3cccc(Cl)c3)OC(N)=O)C[C@@]2(Cc2ccccc2)C1=O. The Balaban J connectivity index is 1.55. The fraction of sp³-hybridized carbons (Fsp3) is 0.333. The zero-order valence-electron chi connectivity index (χ0n) is 18.6. The highest BCUT2D eigenvalue weighted by molar-refractivity contribution is 6.30. The summed E-state index contributed by atoms with van der Waals surface area (Å²) in [4.78, 5) is 39.7. The molecule has 2 aromatic rings. The molecule has 34 heavy (non-hydrogen) atoms. The van der Waals surface area contributed by atoms with Gasteiger partial charge in [0.15, 0.2) is 0 Å². The number of primary amides is 1. The number of hydrogen-bond acceptors (Lipinski definition) is 6. The maximum absolute atomic E-state index is 13.4. The molecule has 0 aliphatic carbocycles. The van der Waals surface area contributed by atoms with E-state index in [0.29, 0.717) is 30.2 Å². The molecule has 0 radical (unpaired) electrons. The number of halogens is 1. The molecule has 2 heterocycles. The Morgan fingerprint density at radius 2 is 1.97 bits per heavy atom. The Bertz CT molecular complexity index is 1130. The lowest BCUT2D eigenvalue weighted by Gasteiger charge is -2.40. The minimum atomic E-state index is -1.28. The van der Waals surface area contributed by atoms with Gasteiger partial charge in [0, 0.05) is 31.6 Å². The van der Waals surface area contributed by atoms with Crippen LogP contribution in [0.1, 0.15) is 12.0 Å². The normalized spacial score (nSPS) is 20.4. The average Bonchev–Trinajstić information content (AvgIpc) is 3.06. The lowest BCUT2D eigenvalue weighted by atomic mass is 9.73. The number of carbonyl (C=O) groups is 3. The molecule has 4 rings (SSSR count). The van der Waals surface area contributed by atoms with Gasteiger partial charge in [-0.25, -0.2) is 9.80 Å². The van der Waals surface area contributed by atoms with Crippen molar-refractivity contribution in [3.8, 4) is 5.75 Å². The van der Waals surface area contributed by atoms with E-state index in [-0.39, 0.29) is 19.1 Å². The second-order valence-corrected chi connectivity index (χ2v) is 8.76. The summed E-state index contributed by atoms with van der Waals surface area (Å²) in [5.41, 5.74) is 5.95. The molecule has 3 amide bonds. The second kappa shape index (κ2) is 9.72. The first-order valence-corrected chi connectivity index (χ1v) is 11.2. The summed E-state index contributed by atoms with van der Waals surface area (Å²) >= 11 is 5.98. The maximum atomic E-state index is 13.4. The van der Waals surface area contributed by atoms with E-state index in [4.69, 9.17) is 26.8 Å². The highest BCUT2D eigenvalue weighted by Gasteiger charge is 2.54. The molecule has 1 saturated heterocycles. The number of nitrogens with zero attached hydrogens (tertiary/aromatic N) is 3. The molecule has 0 spiro atoms. The van der Waals surface area contributed by atoms with E-state index in [9.17, 15) is 14.4 Å². The fourth-order valence-electron chi connectivity index (χ4n) is 4.44. The molecule has 2 atom stereocenters. The van der Waals surface area contributed by atoms with Gasteiger partial charge in [0.25, 0.3) is 11.8 Å². The van der Waals surface area contributed by atoms with Crippen LogP contribution in [0.5, 0.6) is 5.75 Å². The van der Waals surface area contributed by atoms with Crippen molar-refractivity contribution in [2.45, 2.75) is 18.9 Å². The van der Waals surface area contributed by atoms with Crippen LogP contribution < -0.4 is 10.5 Å². The molecule has 0 saturated carbocycles. The van der Waals surface area contributed by atoms with Crippen molar-refractivity contribution in [2.24, 2.45) is 16.3 Å². The lowest BCUT2D eigenvalue weighted by molar-refractivity contribution is -0.146. The van der Waals surface area contributed by atoms with Crippen molar-refractivity contribution in [1.29, 1.82) is 0 Å². The van der Waals surface area contributed by atoms with Crippen molar-refractivity contribution >= 4 is 35.2 Å². The van der Waals surface area contributed by atoms with Gasteiger partial charge in [-0.3, -0.25) is 9.59 Å². The number of rotatable bonds is 7. The first-order valence-electron chi connectivity index (χ1n) is 10.8. The van der Waals surface area contributed by atoms with Crippen molar-refractivity contribution in [2.75, 3.05) is 26.7 Å². The van der Waals surface area contributed by atoms with E-state index in [1.807, 2.05) is 30.3 Å². The zero-order chi connectivity index (χ0) is 24.3. The second-order valence-electron chi connectivity index (χ2n) is 8.32. The van der Waals surface area contributed by atoms with Gasteiger partial charge in [0.1, 0.15) is 17.8 Å². The standard InChI is InChI=1S/C24H25ClN4O5/c1-28-22(31)24(13-16-6-3-2-4-7-16)15-29(11-10-20(24)27-28)21(30)19(34-23(26)32)14-33-18-9-5-8-17(25)12-18/h2-9,12,19H,10-11,13-15H2,1H3,(H2,26,32)/t19?,24-/m1/s1. The summed E-state index contributed by atoms with van der Waals surface area (Å²) in [7, 11) is 1.62. The van der Waals surface area contributed by atoms with Gasteiger partial charge >= 0.3 is 6.09 Å². The smallest absolute Gasteiger partial charge is 0.405 e. The Morgan fingerprint density at radius 3 is 2.68 bits per heavy atom. The molecule has 1 unspecified atom stereocenters. The third-order valence-electron chi connectivity index (χ3n) is 6.00. The number of piperidine rings is 1. The summed E-state index contributed by atoms with van der Waals surface area (Å²) in [5.74, 6) is -0.249. The van der Waals surface area contributed by atoms with Crippen LogP contribution in [0.4, 0.5) is 4.79 Å². The number of hydrogen-bond donors (Lipinski definition) is 1. The number of nitrogens with two attached hydrogens (primary N) is 1. The molecule has 10 heteroatoms. The van der Waals surface area contributed by atoms with Crippen LogP contribution in [-0.4, -0.2) is 66.4 Å². The van der Waals surface area contributed by atoms with Crippen LogP contribution in [0.3, 0.4) is 0 Å². The predicted octanol–water partition coefficient (Wildman–Crippen LogP) is 2.47. The Morgan fingerprint density at radius 1 is 1.21 bits per heavy atom. The van der Waals surface area contributed by atoms with Crippen LogP contribution >= 0.6 is 11.6 Å². The number of hydrazone groups is 1. The predicted molar refractivity (Wildman–Crippen MR) is 125 cm³/mol. The number of amides is 3. The van der Waals surface area contributed by atoms with Gasteiger partial charge in [-0.1, -0.05) is 48.0 Å². The van der Waals surface area contributed by atoms with E-state index in [1.54, 1.807) is 31.3 Å². The summed E-state index contributed by atoms with van der Waals surface area (Å²) in [5, 5.41) is 6.25. The molecule has 0 aromatic heterocycles. The highest BCUT2D eigenvalue weighted by atomic mass is 35.5. The molecular formula is C24H25ClN4O5. The third kappa shape index (κ3) is 4.84. The highest BCUT2D eigenvalue weighted by Crippen LogP contribution is 2.38. The van der Waals surface area contributed by atoms with E-state index < -0.39 is 23.5 Å². The van der Waals surface area contributed by atoms with Crippen LogP contribution in [0.15, 0.2) is 59.7 Å². The summed E-state index contributed by atoms with van der Waals surface area (Å²) in [6.45, 7) is 0.183. The lowest BCUT2D eigenvalue weighted by Crippen LogP contribution is -2.58. The van der Waals surface area contributed by atoms with Crippen molar-refractivity contribution in [1.82, 2.24) is 9.91 Å². The summed E-state index contributed by atoms with van der Waals surface area (Å²) < 4.78 is 10.7. The average molecular weight is 485 g/mol. The van der Waals surface area contributed by atoms with Gasteiger partial charge in [-0.15, -0.1) is 0 Å². The number of ether oxygens (including phenoxy) is 2. The van der Waals surface area contributed by atoms with E-state index in [0.717, 1.165) is 11.3 Å². The largest absolute Gasteiger partial charge is 0.489 e. The molecule has 2 aromatic carbocycles. The van der Waals surface area contributed by atoms with Gasteiger partial charge in [-0.05, 0) is 30.2 Å². The van der Waals surface area contributed by atoms with Crippen LogP contribution in [0, 0.1) is 5.41 Å². The van der Waals surface area contributed by atoms with E-state index in [1.165, 1.54) is 9.91 Å². The topological polar surface area (TPSA) is 115 Å². The molecule has 178 valence electrons. The Labute approximate surface area is 202 Å². The first kappa shape index (κ1) is 23.6. The molecule has 2 aliphatic heterocycles. The Kier molecular flexibility index (Phi) is 6.74. The molecule has 0 bridgehead atoms. The number of fused-ring (bicyclic) bond motifs is 1. The van der Waals surface area contributed by atoms with E-state index in [2.05, 4.69) is 5.10 Å². The van der Waals surface area contributed by atoms with Crippen LogP contribution in [0.25, 0.3) is 0 Å². The van der Waals surface area contributed by atoms with Gasteiger partial charge in [-0.2, -0.15) is 5.10 Å². The number of likely N-dealkylation sites (tertiary alicyclic amines) is 1. The molecule has 9 nitrogen and oxygen atoms in total. The summed E-state index contributed by atoms with van der Waals surface area (Å²) in [6, 6.07) is 16.2. The van der Waals surface area contributed by atoms with Gasteiger partial charge in [0.05, 0.1) is 5.71 Å². The Hall–Kier alpha value is -3.59. The van der Waals surface area contributed by atoms with Crippen molar-refractivity contribution in [3.63, 3.8) is 0 Å². The number of benzene rings is 2. The molecule has 2 N–H and O–H groups in total. The van der Waals surface area contributed by atoms with Crippen LogP contribution in [-0.2, 0) is 20.7 Å². The maximum Gasteiger partial charge on any atom is 0.405 e. The quantitative estimate of drug-likeness (QED) is 0.648. The van der Waals surface area contributed by atoms with Crippen molar-refractivity contribution < 1.29 is 23.9 Å². The molecule has 2 aliphatic rings. The fourth-order valence-corrected chi connectivity index (χ4v) is 4.62. The zero-order valence-corrected chi connectivity index (χ0v) is 19.4. The molecular weight excluding hydrogens is 460 g/mol. The minimum Gasteiger partial charge on any atom is -0.489 e. The number of carbonyl (C=O) groups excluding carboxylic acids is 3. The monoisotopic (exact) mass is 484 g/mol. The third-order valence-corrected chi connectivity index (χ3v) is 6.23. The first-order chi connectivity index (χ1) is 16.3.